The van der Waals surface area contributed by atoms with Gasteiger partial charge in [0.15, 0.2) is 6.61 Å². The SMILES string of the molecule is CC[C@@H](N)c1ccc(OCC(=O)NC(N)=O)cc1. The van der Waals surface area contributed by atoms with E-state index in [1.807, 2.05) is 24.4 Å². The Balaban J connectivity index is 2.49. The second-order valence-electron chi connectivity index (χ2n) is 3.78. The lowest BCUT2D eigenvalue weighted by Gasteiger charge is -2.10. The number of primary amides is 1. The Kier molecular flexibility index (Phi) is 5.13. The summed E-state index contributed by atoms with van der Waals surface area (Å²) in [7, 11) is 0. The van der Waals surface area contributed by atoms with Crippen LogP contribution in [0.1, 0.15) is 24.9 Å². The standard InChI is InChI=1S/C12H17N3O3/c1-2-10(13)8-3-5-9(6-4-8)18-7-11(16)15-12(14)17/h3-6,10H,2,7,13H2,1H3,(H3,14,15,16,17)/t10-/m1/s1. The van der Waals surface area contributed by atoms with Gasteiger partial charge in [0.05, 0.1) is 0 Å². The molecule has 0 saturated heterocycles. The van der Waals surface area contributed by atoms with E-state index < -0.39 is 11.9 Å². The number of urea groups is 1. The predicted molar refractivity (Wildman–Crippen MR) is 66.9 cm³/mol. The van der Waals surface area contributed by atoms with Crippen molar-refractivity contribution in [3.8, 4) is 5.75 Å². The molecule has 1 aromatic carbocycles. The monoisotopic (exact) mass is 251 g/mol. The number of amides is 3. The van der Waals surface area contributed by atoms with Gasteiger partial charge in [-0.2, -0.15) is 0 Å². The van der Waals surface area contributed by atoms with E-state index in [9.17, 15) is 9.59 Å². The van der Waals surface area contributed by atoms with E-state index in [0.717, 1.165) is 12.0 Å². The minimum Gasteiger partial charge on any atom is -0.484 e. The molecule has 0 aliphatic carbocycles. The lowest BCUT2D eigenvalue weighted by Crippen LogP contribution is -2.38. The van der Waals surface area contributed by atoms with Crippen molar-refractivity contribution in [3.63, 3.8) is 0 Å². The summed E-state index contributed by atoms with van der Waals surface area (Å²) in [6.07, 6.45) is 0.848. The number of hydrogen-bond donors (Lipinski definition) is 3. The summed E-state index contributed by atoms with van der Waals surface area (Å²) in [6.45, 7) is 1.74. The molecule has 0 aliphatic heterocycles. The van der Waals surface area contributed by atoms with Crippen LogP contribution in [0.5, 0.6) is 5.75 Å². The Labute approximate surface area is 105 Å². The van der Waals surface area contributed by atoms with Crippen LogP contribution in [0.25, 0.3) is 0 Å². The van der Waals surface area contributed by atoms with Gasteiger partial charge < -0.3 is 16.2 Å². The van der Waals surface area contributed by atoms with Gasteiger partial charge in [-0.1, -0.05) is 19.1 Å². The molecule has 0 fully saturated rings. The third kappa shape index (κ3) is 4.42. The largest absolute Gasteiger partial charge is 0.484 e. The molecule has 0 aromatic heterocycles. The fourth-order valence-electron chi connectivity index (χ4n) is 1.37. The fourth-order valence-corrected chi connectivity index (χ4v) is 1.37. The summed E-state index contributed by atoms with van der Waals surface area (Å²) >= 11 is 0. The number of imide groups is 1. The van der Waals surface area contributed by atoms with E-state index in [4.69, 9.17) is 16.2 Å². The Hall–Kier alpha value is -2.08. The van der Waals surface area contributed by atoms with Crippen LogP contribution in [0, 0.1) is 0 Å². The van der Waals surface area contributed by atoms with Crippen LogP contribution in [0.4, 0.5) is 4.79 Å². The average molecular weight is 251 g/mol. The van der Waals surface area contributed by atoms with E-state index in [2.05, 4.69) is 0 Å². The molecule has 0 radical (unpaired) electrons. The Morgan fingerprint density at radius 2 is 1.94 bits per heavy atom. The Morgan fingerprint density at radius 1 is 1.33 bits per heavy atom. The summed E-state index contributed by atoms with van der Waals surface area (Å²) in [5.74, 6) is -0.0569. The van der Waals surface area contributed by atoms with Gasteiger partial charge in [0, 0.05) is 6.04 Å². The molecule has 1 atom stereocenters. The number of nitrogens with one attached hydrogen (secondary N) is 1. The van der Waals surface area contributed by atoms with Crippen molar-refractivity contribution in [1.82, 2.24) is 5.32 Å². The maximum Gasteiger partial charge on any atom is 0.318 e. The normalized spacial score (nSPS) is 11.7. The van der Waals surface area contributed by atoms with Crippen LogP contribution in [0.2, 0.25) is 0 Å². The fraction of sp³-hybridized carbons (Fsp3) is 0.333. The van der Waals surface area contributed by atoms with Gasteiger partial charge in [-0.3, -0.25) is 10.1 Å². The minimum absolute atomic E-state index is 0.00258. The first-order valence-electron chi connectivity index (χ1n) is 5.60. The molecule has 6 heteroatoms. The van der Waals surface area contributed by atoms with Gasteiger partial charge in [0.1, 0.15) is 5.75 Å². The Bertz CT molecular complexity index is 417. The molecule has 0 heterocycles. The lowest BCUT2D eigenvalue weighted by molar-refractivity contribution is -0.121. The molecule has 3 amide bonds. The van der Waals surface area contributed by atoms with Gasteiger partial charge in [-0.05, 0) is 24.1 Å². The average Bonchev–Trinajstić information content (AvgIpc) is 2.35. The third-order valence-corrected chi connectivity index (χ3v) is 2.38. The first kappa shape index (κ1) is 14.0. The second-order valence-corrected chi connectivity index (χ2v) is 3.78. The number of benzene rings is 1. The Morgan fingerprint density at radius 3 is 2.44 bits per heavy atom. The van der Waals surface area contributed by atoms with Crippen LogP contribution in [0.15, 0.2) is 24.3 Å². The van der Waals surface area contributed by atoms with Crippen molar-refractivity contribution < 1.29 is 14.3 Å². The van der Waals surface area contributed by atoms with Crippen molar-refractivity contribution in [2.45, 2.75) is 19.4 Å². The van der Waals surface area contributed by atoms with Crippen LogP contribution >= 0.6 is 0 Å². The summed E-state index contributed by atoms with van der Waals surface area (Å²) < 4.78 is 5.18. The third-order valence-electron chi connectivity index (χ3n) is 2.38. The minimum atomic E-state index is -0.895. The maximum atomic E-state index is 11.1. The van der Waals surface area contributed by atoms with Gasteiger partial charge in [-0.15, -0.1) is 0 Å². The smallest absolute Gasteiger partial charge is 0.318 e. The highest BCUT2D eigenvalue weighted by atomic mass is 16.5. The molecule has 5 N–H and O–H groups in total. The highest BCUT2D eigenvalue weighted by Gasteiger charge is 2.06. The topological polar surface area (TPSA) is 107 Å². The molecule has 0 bridgehead atoms. The number of nitrogens with two attached hydrogens (primary N) is 2. The van der Waals surface area contributed by atoms with Crippen molar-refractivity contribution in [2.75, 3.05) is 6.61 Å². The van der Waals surface area contributed by atoms with Crippen LogP contribution in [-0.4, -0.2) is 18.5 Å². The van der Waals surface area contributed by atoms with Gasteiger partial charge >= 0.3 is 6.03 Å². The molecule has 0 saturated carbocycles. The maximum absolute atomic E-state index is 11.1. The number of ether oxygens (including phenoxy) is 1. The molecule has 6 nitrogen and oxygen atoms in total. The molecule has 1 rings (SSSR count). The van der Waals surface area contributed by atoms with Gasteiger partial charge in [0.25, 0.3) is 5.91 Å². The molecule has 0 spiro atoms. The summed E-state index contributed by atoms with van der Waals surface area (Å²) in [6, 6.07) is 6.24. The number of rotatable bonds is 5. The first-order chi connectivity index (χ1) is 8.52. The van der Waals surface area contributed by atoms with E-state index in [0.29, 0.717) is 5.75 Å². The van der Waals surface area contributed by atoms with Crippen molar-refractivity contribution >= 4 is 11.9 Å². The quantitative estimate of drug-likeness (QED) is 0.714. The summed E-state index contributed by atoms with van der Waals surface area (Å²) in [4.78, 5) is 21.5. The van der Waals surface area contributed by atoms with Crippen LogP contribution in [0.3, 0.4) is 0 Å². The van der Waals surface area contributed by atoms with E-state index in [1.54, 1.807) is 12.1 Å². The zero-order valence-electron chi connectivity index (χ0n) is 10.2. The highest BCUT2D eigenvalue weighted by molar-refractivity contribution is 5.94. The number of carbonyl (C=O) groups excluding carboxylic acids is 2. The van der Waals surface area contributed by atoms with Crippen LogP contribution in [-0.2, 0) is 4.79 Å². The second kappa shape index (κ2) is 6.61. The number of carbonyl (C=O) groups is 2. The summed E-state index contributed by atoms with van der Waals surface area (Å²) in [5.41, 5.74) is 11.7. The number of hydrogen-bond acceptors (Lipinski definition) is 4. The first-order valence-corrected chi connectivity index (χ1v) is 5.60. The summed E-state index contributed by atoms with van der Waals surface area (Å²) in [5, 5.41) is 1.91. The molecule has 0 aliphatic rings. The van der Waals surface area contributed by atoms with Crippen LogP contribution < -0.4 is 21.5 Å². The molecule has 0 unspecified atom stereocenters. The zero-order chi connectivity index (χ0) is 13.5. The van der Waals surface area contributed by atoms with E-state index >= 15 is 0 Å². The van der Waals surface area contributed by atoms with Gasteiger partial charge in [-0.25, -0.2) is 4.79 Å². The highest BCUT2D eigenvalue weighted by Crippen LogP contribution is 2.18. The molecule has 18 heavy (non-hydrogen) atoms. The van der Waals surface area contributed by atoms with Gasteiger partial charge in [0.2, 0.25) is 0 Å². The van der Waals surface area contributed by atoms with E-state index in [1.165, 1.54) is 0 Å². The zero-order valence-corrected chi connectivity index (χ0v) is 10.2. The van der Waals surface area contributed by atoms with Crippen molar-refractivity contribution in [3.05, 3.63) is 29.8 Å². The molecular formula is C12H17N3O3. The van der Waals surface area contributed by atoms with Crippen molar-refractivity contribution in [1.29, 1.82) is 0 Å². The molecule has 98 valence electrons. The lowest BCUT2D eigenvalue weighted by atomic mass is 10.1. The predicted octanol–water partition coefficient (Wildman–Crippen LogP) is 0.670. The van der Waals surface area contributed by atoms with Crippen molar-refractivity contribution in [2.24, 2.45) is 11.5 Å². The molecule has 1 aromatic rings. The van der Waals surface area contributed by atoms with E-state index in [-0.39, 0.29) is 12.6 Å². The molecular weight excluding hydrogens is 234 g/mol.